The maximum atomic E-state index is 12.4. The number of esters is 1. The van der Waals surface area contributed by atoms with Gasteiger partial charge in [0.25, 0.3) is 0 Å². The van der Waals surface area contributed by atoms with Crippen molar-refractivity contribution >= 4 is 17.6 Å². The average molecular weight is 363 g/mol. The van der Waals surface area contributed by atoms with E-state index in [1.165, 1.54) is 0 Å². The van der Waals surface area contributed by atoms with E-state index in [1.807, 2.05) is 18.2 Å². The van der Waals surface area contributed by atoms with E-state index in [-0.39, 0.29) is 23.5 Å². The first kappa shape index (κ1) is 17.3. The number of rotatable bonds is 4. The van der Waals surface area contributed by atoms with E-state index in [9.17, 15) is 9.59 Å². The van der Waals surface area contributed by atoms with Gasteiger partial charge in [-0.1, -0.05) is 36.4 Å². The molecule has 0 bridgehead atoms. The van der Waals surface area contributed by atoms with Crippen molar-refractivity contribution in [1.29, 1.82) is 0 Å². The molecule has 5 heteroatoms. The molecule has 27 heavy (non-hydrogen) atoms. The lowest BCUT2D eigenvalue weighted by Gasteiger charge is -2.38. The van der Waals surface area contributed by atoms with Crippen LogP contribution < -0.4 is 5.32 Å². The standard InChI is InChI=1S/C22H21NO4/c1-2-27-22(26)18-8-4-7-17-15-5-3-6-16(15)19(23-20(17)18)13-9-11-14(12-10-13)21(24)25/h3-5,7-12,15-16,19,23H,2,6H2,1H3,(H,24,25)/t15-,16-,19+/m0/s1. The molecule has 1 aliphatic heterocycles. The van der Waals surface area contributed by atoms with E-state index in [0.29, 0.717) is 18.1 Å². The second kappa shape index (κ2) is 6.91. The summed E-state index contributed by atoms with van der Waals surface area (Å²) < 4.78 is 5.23. The molecule has 2 N–H and O–H groups in total. The highest BCUT2D eigenvalue weighted by Crippen LogP contribution is 2.50. The number of carboxylic acid groups (broad SMARTS) is 1. The molecule has 1 heterocycles. The molecule has 0 aromatic heterocycles. The molecular weight excluding hydrogens is 342 g/mol. The van der Waals surface area contributed by atoms with Crippen molar-refractivity contribution in [2.75, 3.05) is 11.9 Å². The number of carboxylic acids is 1. The van der Waals surface area contributed by atoms with Crippen molar-refractivity contribution in [2.45, 2.75) is 25.3 Å². The van der Waals surface area contributed by atoms with Crippen LogP contribution >= 0.6 is 0 Å². The van der Waals surface area contributed by atoms with Gasteiger partial charge in [0.1, 0.15) is 0 Å². The van der Waals surface area contributed by atoms with E-state index in [4.69, 9.17) is 9.84 Å². The number of hydrogen-bond donors (Lipinski definition) is 2. The molecule has 0 saturated carbocycles. The molecular formula is C22H21NO4. The minimum atomic E-state index is -0.937. The maximum absolute atomic E-state index is 12.4. The van der Waals surface area contributed by atoms with Crippen LogP contribution in [-0.2, 0) is 4.74 Å². The van der Waals surface area contributed by atoms with Gasteiger partial charge in [0.15, 0.2) is 0 Å². The summed E-state index contributed by atoms with van der Waals surface area (Å²) in [5.41, 5.74) is 3.75. The number of aromatic carboxylic acids is 1. The number of nitrogens with one attached hydrogen (secondary N) is 1. The van der Waals surface area contributed by atoms with Gasteiger partial charge in [-0.15, -0.1) is 0 Å². The fraction of sp³-hybridized carbons (Fsp3) is 0.273. The number of para-hydroxylation sites is 1. The molecule has 138 valence electrons. The van der Waals surface area contributed by atoms with Crippen molar-refractivity contribution in [3.05, 3.63) is 76.9 Å². The van der Waals surface area contributed by atoms with E-state index in [0.717, 1.165) is 23.2 Å². The lowest BCUT2D eigenvalue weighted by atomic mass is 9.76. The fourth-order valence-electron chi connectivity index (χ4n) is 4.16. The van der Waals surface area contributed by atoms with E-state index < -0.39 is 5.97 Å². The van der Waals surface area contributed by atoms with Crippen LogP contribution in [0.25, 0.3) is 0 Å². The van der Waals surface area contributed by atoms with Crippen LogP contribution in [0.5, 0.6) is 0 Å². The predicted octanol–water partition coefficient (Wildman–Crippen LogP) is 4.39. The van der Waals surface area contributed by atoms with Gasteiger partial charge < -0.3 is 15.2 Å². The first-order valence-corrected chi connectivity index (χ1v) is 9.16. The van der Waals surface area contributed by atoms with Crippen molar-refractivity contribution in [3.8, 4) is 0 Å². The van der Waals surface area contributed by atoms with Gasteiger partial charge in [0.2, 0.25) is 0 Å². The maximum Gasteiger partial charge on any atom is 0.340 e. The van der Waals surface area contributed by atoms with Crippen molar-refractivity contribution in [1.82, 2.24) is 0 Å². The normalized spacial score (nSPS) is 22.5. The van der Waals surface area contributed by atoms with Crippen molar-refractivity contribution in [3.63, 3.8) is 0 Å². The molecule has 0 spiro atoms. The summed E-state index contributed by atoms with van der Waals surface area (Å²) in [4.78, 5) is 23.6. The third-order valence-corrected chi connectivity index (χ3v) is 5.41. The lowest BCUT2D eigenvalue weighted by molar-refractivity contribution is 0.0526. The van der Waals surface area contributed by atoms with Crippen LogP contribution in [0.3, 0.4) is 0 Å². The largest absolute Gasteiger partial charge is 0.478 e. The first-order valence-electron chi connectivity index (χ1n) is 9.16. The highest BCUT2D eigenvalue weighted by Gasteiger charge is 2.39. The summed E-state index contributed by atoms with van der Waals surface area (Å²) in [6.07, 6.45) is 5.33. The Bertz CT molecular complexity index is 916. The summed E-state index contributed by atoms with van der Waals surface area (Å²) in [6, 6.07) is 12.7. The molecule has 2 aliphatic rings. The molecule has 3 atom stereocenters. The van der Waals surface area contributed by atoms with Crippen LogP contribution in [0, 0.1) is 5.92 Å². The molecule has 2 aromatic rings. The van der Waals surface area contributed by atoms with Crippen LogP contribution in [0.2, 0.25) is 0 Å². The number of fused-ring (bicyclic) bond motifs is 3. The average Bonchev–Trinajstić information content (AvgIpc) is 3.17. The lowest BCUT2D eigenvalue weighted by Crippen LogP contribution is -2.30. The van der Waals surface area contributed by atoms with Crippen molar-refractivity contribution in [2.24, 2.45) is 5.92 Å². The molecule has 0 amide bonds. The molecule has 4 rings (SSSR count). The number of ether oxygens (including phenoxy) is 1. The molecule has 0 saturated heterocycles. The minimum Gasteiger partial charge on any atom is -0.478 e. The number of benzene rings is 2. The van der Waals surface area contributed by atoms with E-state index in [2.05, 4.69) is 23.5 Å². The number of hydrogen-bond acceptors (Lipinski definition) is 4. The second-order valence-electron chi connectivity index (χ2n) is 6.89. The number of carbonyl (C=O) groups is 2. The van der Waals surface area contributed by atoms with Gasteiger partial charge in [0, 0.05) is 5.92 Å². The number of anilines is 1. The van der Waals surface area contributed by atoms with Gasteiger partial charge in [-0.3, -0.25) is 0 Å². The zero-order valence-electron chi connectivity index (χ0n) is 15.0. The first-order chi connectivity index (χ1) is 13.1. The molecule has 0 unspecified atom stereocenters. The predicted molar refractivity (Wildman–Crippen MR) is 102 cm³/mol. The Morgan fingerprint density at radius 3 is 2.67 bits per heavy atom. The van der Waals surface area contributed by atoms with Crippen LogP contribution in [-0.4, -0.2) is 23.7 Å². The zero-order valence-corrected chi connectivity index (χ0v) is 15.0. The van der Waals surface area contributed by atoms with Gasteiger partial charge >= 0.3 is 11.9 Å². The van der Waals surface area contributed by atoms with E-state index >= 15 is 0 Å². The number of carbonyl (C=O) groups excluding carboxylic acids is 1. The van der Waals surface area contributed by atoms with Crippen LogP contribution in [0.1, 0.15) is 57.1 Å². The zero-order chi connectivity index (χ0) is 19.0. The smallest absolute Gasteiger partial charge is 0.340 e. The summed E-state index contributed by atoms with van der Waals surface area (Å²) in [6.45, 7) is 2.12. The molecule has 5 nitrogen and oxygen atoms in total. The van der Waals surface area contributed by atoms with Gasteiger partial charge in [0.05, 0.1) is 29.5 Å². The fourth-order valence-corrected chi connectivity index (χ4v) is 4.16. The summed E-state index contributed by atoms with van der Waals surface area (Å²) in [5, 5.41) is 12.7. The molecule has 0 radical (unpaired) electrons. The molecule has 0 fully saturated rings. The van der Waals surface area contributed by atoms with Gasteiger partial charge in [-0.25, -0.2) is 9.59 Å². The SMILES string of the molecule is CCOC(=O)c1cccc2c1N[C@H](c1ccc(C(=O)O)cc1)[C@H]1CC=C[C@H]21. The Labute approximate surface area is 157 Å². The highest BCUT2D eigenvalue weighted by atomic mass is 16.5. The van der Waals surface area contributed by atoms with Crippen LogP contribution in [0.4, 0.5) is 5.69 Å². The summed E-state index contributed by atoms with van der Waals surface area (Å²) in [5.74, 6) is -0.721. The topological polar surface area (TPSA) is 75.6 Å². The minimum absolute atomic E-state index is 0.00378. The molecule has 2 aromatic carbocycles. The van der Waals surface area contributed by atoms with Crippen molar-refractivity contribution < 1.29 is 19.4 Å². The Balaban J connectivity index is 1.75. The Hall–Kier alpha value is -3.08. The third-order valence-electron chi connectivity index (χ3n) is 5.41. The Morgan fingerprint density at radius 2 is 1.96 bits per heavy atom. The van der Waals surface area contributed by atoms with Gasteiger partial charge in [-0.2, -0.15) is 0 Å². The number of allylic oxidation sites excluding steroid dienone is 2. The third kappa shape index (κ3) is 2.99. The Kier molecular flexibility index (Phi) is 4.44. The van der Waals surface area contributed by atoms with Crippen LogP contribution in [0.15, 0.2) is 54.6 Å². The monoisotopic (exact) mass is 363 g/mol. The quantitative estimate of drug-likeness (QED) is 0.622. The van der Waals surface area contributed by atoms with E-state index in [1.54, 1.807) is 25.1 Å². The highest BCUT2D eigenvalue weighted by molar-refractivity contribution is 5.97. The van der Waals surface area contributed by atoms with Gasteiger partial charge in [-0.05, 0) is 48.6 Å². The second-order valence-corrected chi connectivity index (χ2v) is 6.89. The molecule has 1 aliphatic carbocycles. The summed E-state index contributed by atoms with van der Waals surface area (Å²) in [7, 11) is 0. The Morgan fingerprint density at radius 1 is 1.19 bits per heavy atom. The summed E-state index contributed by atoms with van der Waals surface area (Å²) >= 11 is 0.